The third-order valence-corrected chi connectivity index (χ3v) is 3.65. The van der Waals surface area contributed by atoms with Crippen LogP contribution in [0.25, 0.3) is 11.0 Å². The second-order valence-corrected chi connectivity index (χ2v) is 5.54. The molecule has 7 nitrogen and oxygen atoms in total. The fourth-order valence-corrected chi connectivity index (χ4v) is 2.48. The maximum atomic E-state index is 12.4. The molecule has 0 bridgehead atoms. The van der Waals surface area contributed by atoms with Crippen LogP contribution in [0, 0.1) is 0 Å². The number of hydrogen-bond donors (Lipinski definition) is 2. The van der Waals surface area contributed by atoms with Crippen LogP contribution in [-0.2, 0) is 4.79 Å². The van der Waals surface area contributed by atoms with Crippen molar-refractivity contribution in [2.24, 2.45) is 0 Å². The van der Waals surface area contributed by atoms with Gasteiger partial charge >= 0.3 is 5.63 Å². The Kier molecular flexibility index (Phi) is 4.70. The van der Waals surface area contributed by atoms with Gasteiger partial charge in [0.2, 0.25) is 5.91 Å². The molecule has 2 aromatic carbocycles. The van der Waals surface area contributed by atoms with Gasteiger partial charge in [-0.3, -0.25) is 9.59 Å². The summed E-state index contributed by atoms with van der Waals surface area (Å²) < 4.78 is 10.4. The molecule has 0 saturated carbocycles. The van der Waals surface area contributed by atoms with Crippen molar-refractivity contribution >= 4 is 34.2 Å². The van der Waals surface area contributed by atoms with Crippen LogP contribution in [0.1, 0.15) is 17.3 Å². The summed E-state index contributed by atoms with van der Waals surface area (Å²) in [6.45, 7) is 1.41. The zero-order valence-electron chi connectivity index (χ0n) is 14.2. The topological polar surface area (TPSA) is 97.6 Å². The quantitative estimate of drug-likeness (QED) is 0.704. The average Bonchev–Trinajstić information content (AvgIpc) is 2.61. The van der Waals surface area contributed by atoms with Crippen molar-refractivity contribution < 1.29 is 18.7 Å². The Labute approximate surface area is 148 Å². The lowest BCUT2D eigenvalue weighted by Crippen LogP contribution is -2.20. The first-order valence-corrected chi connectivity index (χ1v) is 7.78. The summed E-state index contributed by atoms with van der Waals surface area (Å²) in [5, 5.41) is 5.84. The molecule has 2 amide bonds. The molecule has 3 aromatic rings. The lowest BCUT2D eigenvalue weighted by molar-refractivity contribution is -0.114. The number of rotatable bonds is 4. The number of fused-ring (bicyclic) bond motifs is 1. The molecule has 0 fully saturated rings. The molecular formula is C19H16N2O5. The van der Waals surface area contributed by atoms with Crippen molar-refractivity contribution in [3.63, 3.8) is 0 Å². The maximum Gasteiger partial charge on any atom is 0.349 e. The van der Waals surface area contributed by atoms with E-state index in [0.29, 0.717) is 22.5 Å². The number of ether oxygens (including phenoxy) is 1. The number of methoxy groups -OCH3 is 1. The zero-order chi connectivity index (χ0) is 18.7. The number of amides is 2. The third-order valence-electron chi connectivity index (χ3n) is 3.65. The smallest absolute Gasteiger partial charge is 0.349 e. The largest absolute Gasteiger partial charge is 0.493 e. The molecule has 0 saturated heterocycles. The predicted molar refractivity (Wildman–Crippen MR) is 97.7 cm³/mol. The summed E-state index contributed by atoms with van der Waals surface area (Å²) in [7, 11) is 1.47. The van der Waals surface area contributed by atoms with Crippen LogP contribution in [0.5, 0.6) is 5.75 Å². The van der Waals surface area contributed by atoms with Gasteiger partial charge < -0.3 is 19.8 Å². The van der Waals surface area contributed by atoms with E-state index < -0.39 is 11.5 Å². The minimum Gasteiger partial charge on any atom is -0.493 e. The molecule has 0 atom stereocenters. The van der Waals surface area contributed by atoms with E-state index in [1.165, 1.54) is 20.1 Å². The Hall–Kier alpha value is -3.61. The monoisotopic (exact) mass is 352 g/mol. The molecule has 0 radical (unpaired) electrons. The van der Waals surface area contributed by atoms with Crippen molar-refractivity contribution in [2.75, 3.05) is 17.7 Å². The highest BCUT2D eigenvalue weighted by atomic mass is 16.5. The first kappa shape index (κ1) is 17.2. The van der Waals surface area contributed by atoms with Crippen molar-refractivity contribution in [3.8, 4) is 5.75 Å². The van der Waals surface area contributed by atoms with Gasteiger partial charge in [0, 0.05) is 23.7 Å². The van der Waals surface area contributed by atoms with Crippen molar-refractivity contribution in [1.82, 2.24) is 0 Å². The van der Waals surface area contributed by atoms with E-state index >= 15 is 0 Å². The van der Waals surface area contributed by atoms with Gasteiger partial charge in [-0.1, -0.05) is 12.1 Å². The zero-order valence-corrected chi connectivity index (χ0v) is 14.2. The molecule has 1 heterocycles. The highest BCUT2D eigenvalue weighted by Crippen LogP contribution is 2.24. The molecule has 2 N–H and O–H groups in total. The second kappa shape index (κ2) is 7.10. The number of carbonyl (C=O) groups is 2. The highest BCUT2D eigenvalue weighted by Gasteiger charge is 2.15. The first-order chi connectivity index (χ1) is 12.5. The first-order valence-electron chi connectivity index (χ1n) is 7.78. The Balaban J connectivity index is 1.87. The summed E-state index contributed by atoms with van der Waals surface area (Å²) in [6, 6.07) is 13.1. The van der Waals surface area contributed by atoms with Crippen molar-refractivity contribution in [3.05, 3.63) is 64.5 Å². The number of hydrogen-bond acceptors (Lipinski definition) is 5. The summed E-state index contributed by atoms with van der Waals surface area (Å²) in [6.07, 6.45) is 0. The average molecular weight is 352 g/mol. The highest BCUT2D eigenvalue weighted by molar-refractivity contribution is 6.05. The predicted octanol–water partition coefficient (Wildman–Crippen LogP) is 3.01. The van der Waals surface area contributed by atoms with Crippen LogP contribution >= 0.6 is 0 Å². The van der Waals surface area contributed by atoms with Gasteiger partial charge in [-0.15, -0.1) is 0 Å². The summed E-state index contributed by atoms with van der Waals surface area (Å²) in [5.74, 6) is -0.359. The molecule has 0 aliphatic rings. The minimum atomic E-state index is -0.755. The Bertz CT molecular complexity index is 1040. The van der Waals surface area contributed by atoms with E-state index in [1.54, 1.807) is 42.5 Å². The normalized spacial score (nSPS) is 10.4. The van der Waals surface area contributed by atoms with Gasteiger partial charge in [-0.05, 0) is 36.4 Å². The van der Waals surface area contributed by atoms with Crippen LogP contribution in [-0.4, -0.2) is 18.9 Å². The van der Waals surface area contributed by atoms with Gasteiger partial charge in [0.25, 0.3) is 5.91 Å². The number of benzene rings is 2. The van der Waals surface area contributed by atoms with Crippen LogP contribution in [0.15, 0.2) is 57.7 Å². The number of carbonyl (C=O) groups excluding carboxylic acids is 2. The van der Waals surface area contributed by atoms with Gasteiger partial charge in [0.15, 0.2) is 11.3 Å². The summed E-state index contributed by atoms with van der Waals surface area (Å²) >= 11 is 0. The fourth-order valence-electron chi connectivity index (χ4n) is 2.48. The van der Waals surface area contributed by atoms with E-state index in [0.717, 1.165) is 0 Å². The van der Waals surface area contributed by atoms with Crippen LogP contribution < -0.4 is 21.0 Å². The molecule has 132 valence electrons. The van der Waals surface area contributed by atoms with Gasteiger partial charge in [0.05, 0.1) is 7.11 Å². The van der Waals surface area contributed by atoms with Crippen molar-refractivity contribution in [1.29, 1.82) is 0 Å². The van der Waals surface area contributed by atoms with E-state index in [4.69, 9.17) is 9.15 Å². The van der Waals surface area contributed by atoms with Gasteiger partial charge in [-0.25, -0.2) is 4.79 Å². The molecule has 7 heteroatoms. The van der Waals surface area contributed by atoms with Crippen LogP contribution in [0.2, 0.25) is 0 Å². The van der Waals surface area contributed by atoms with E-state index in [-0.39, 0.29) is 17.1 Å². The minimum absolute atomic E-state index is 0.114. The Morgan fingerprint density at radius 3 is 2.27 bits per heavy atom. The van der Waals surface area contributed by atoms with Crippen LogP contribution in [0.3, 0.4) is 0 Å². The molecule has 0 aliphatic heterocycles. The second-order valence-electron chi connectivity index (χ2n) is 5.54. The van der Waals surface area contributed by atoms with Gasteiger partial charge in [0.1, 0.15) is 5.56 Å². The maximum absolute atomic E-state index is 12.4. The molecule has 0 spiro atoms. The van der Waals surface area contributed by atoms with E-state index in [1.807, 2.05) is 0 Å². The number of para-hydroxylation sites is 1. The van der Waals surface area contributed by atoms with E-state index in [2.05, 4.69) is 10.6 Å². The van der Waals surface area contributed by atoms with Gasteiger partial charge in [-0.2, -0.15) is 0 Å². The SMILES string of the molecule is COc1cccc2cc(C(=O)Nc3ccc(NC(C)=O)cc3)c(=O)oc12. The standard InChI is InChI=1S/C19H16N2O5/c1-11(22)20-13-6-8-14(9-7-13)21-18(23)15-10-12-4-3-5-16(25-2)17(12)26-19(15)24/h3-10H,1-2H3,(H,20,22)(H,21,23). The van der Waals surface area contributed by atoms with Crippen molar-refractivity contribution in [2.45, 2.75) is 6.92 Å². The lowest BCUT2D eigenvalue weighted by Gasteiger charge is -2.08. The summed E-state index contributed by atoms with van der Waals surface area (Å²) in [4.78, 5) is 35.6. The lowest BCUT2D eigenvalue weighted by atomic mass is 10.1. The molecule has 26 heavy (non-hydrogen) atoms. The molecule has 1 aromatic heterocycles. The van der Waals surface area contributed by atoms with Crippen LogP contribution in [0.4, 0.5) is 11.4 Å². The third kappa shape index (κ3) is 3.56. The Morgan fingerprint density at radius 2 is 1.65 bits per heavy atom. The molecular weight excluding hydrogens is 336 g/mol. The Morgan fingerprint density at radius 1 is 1.00 bits per heavy atom. The van der Waals surface area contributed by atoms with E-state index in [9.17, 15) is 14.4 Å². The molecule has 0 unspecified atom stereocenters. The molecule has 3 rings (SSSR count). The number of anilines is 2. The number of nitrogens with one attached hydrogen (secondary N) is 2. The fraction of sp³-hybridized carbons (Fsp3) is 0.105. The summed E-state index contributed by atoms with van der Waals surface area (Å²) in [5.41, 5.74) is 0.504. The molecule has 0 aliphatic carbocycles.